The molecule has 0 bridgehead atoms. The van der Waals surface area contributed by atoms with Crippen molar-refractivity contribution >= 4 is 0 Å². The summed E-state index contributed by atoms with van der Waals surface area (Å²) in [5.41, 5.74) is 0. The summed E-state index contributed by atoms with van der Waals surface area (Å²) in [5, 5.41) is 3.64. The quantitative estimate of drug-likeness (QED) is 0.740. The van der Waals surface area contributed by atoms with E-state index in [4.69, 9.17) is 4.74 Å². The Balaban J connectivity index is 2.41. The molecule has 0 aromatic heterocycles. The minimum atomic E-state index is 0.659. The number of hydrogen-bond donors (Lipinski definition) is 1. The third kappa shape index (κ3) is 4.57. The Kier molecular flexibility index (Phi) is 7.09. The fraction of sp³-hybridized carbons (Fsp3) is 1.00. The van der Waals surface area contributed by atoms with Crippen LogP contribution in [0.3, 0.4) is 0 Å². The summed E-state index contributed by atoms with van der Waals surface area (Å²) in [4.78, 5) is 2.64. The molecule has 0 aliphatic carbocycles. The first-order valence-electron chi connectivity index (χ1n) is 7.19. The van der Waals surface area contributed by atoms with Crippen LogP contribution in [-0.4, -0.2) is 50.3 Å². The number of hydrogen-bond acceptors (Lipinski definition) is 3. The van der Waals surface area contributed by atoms with E-state index in [-0.39, 0.29) is 0 Å². The number of likely N-dealkylation sites (tertiary alicyclic amines) is 1. The topological polar surface area (TPSA) is 24.5 Å². The molecule has 1 fully saturated rings. The Morgan fingerprint density at radius 2 is 2.18 bits per heavy atom. The van der Waals surface area contributed by atoms with Gasteiger partial charge in [-0.2, -0.15) is 0 Å². The van der Waals surface area contributed by atoms with Crippen molar-refractivity contribution in [2.45, 2.75) is 52.1 Å². The smallest absolute Gasteiger partial charge is 0.0477 e. The number of methoxy groups -OCH3 is 1. The van der Waals surface area contributed by atoms with Crippen molar-refractivity contribution in [3.8, 4) is 0 Å². The lowest BCUT2D eigenvalue weighted by molar-refractivity contribution is 0.0807. The van der Waals surface area contributed by atoms with E-state index in [1.165, 1.54) is 25.9 Å². The Morgan fingerprint density at radius 1 is 1.41 bits per heavy atom. The molecule has 0 saturated carbocycles. The first-order chi connectivity index (χ1) is 8.22. The Labute approximate surface area is 107 Å². The number of nitrogens with one attached hydrogen (secondary N) is 1. The van der Waals surface area contributed by atoms with Gasteiger partial charge in [0.15, 0.2) is 0 Å². The van der Waals surface area contributed by atoms with Crippen LogP contribution in [0.2, 0.25) is 0 Å². The molecule has 1 saturated heterocycles. The number of nitrogens with zero attached hydrogens (tertiary/aromatic N) is 1. The molecule has 1 aliphatic heterocycles. The van der Waals surface area contributed by atoms with Gasteiger partial charge in [0.05, 0.1) is 0 Å². The minimum absolute atomic E-state index is 0.659. The van der Waals surface area contributed by atoms with Gasteiger partial charge in [-0.05, 0) is 38.8 Å². The van der Waals surface area contributed by atoms with Gasteiger partial charge in [-0.3, -0.25) is 0 Å². The predicted molar refractivity (Wildman–Crippen MR) is 73.4 cm³/mol. The van der Waals surface area contributed by atoms with Crippen molar-refractivity contribution in [2.75, 3.05) is 33.4 Å². The SMILES string of the molecule is CCNC1CCN(C(C)CCOC)CC1CC. The van der Waals surface area contributed by atoms with Gasteiger partial charge >= 0.3 is 0 Å². The van der Waals surface area contributed by atoms with Crippen LogP contribution in [0.25, 0.3) is 0 Å². The van der Waals surface area contributed by atoms with Gasteiger partial charge in [0, 0.05) is 32.3 Å². The van der Waals surface area contributed by atoms with E-state index in [1.807, 2.05) is 0 Å². The second-order valence-corrected chi connectivity index (χ2v) is 5.25. The van der Waals surface area contributed by atoms with Crippen molar-refractivity contribution in [1.82, 2.24) is 10.2 Å². The lowest BCUT2D eigenvalue weighted by Crippen LogP contribution is -2.51. The van der Waals surface area contributed by atoms with Crippen molar-refractivity contribution < 1.29 is 4.74 Å². The van der Waals surface area contributed by atoms with E-state index in [0.717, 1.165) is 31.5 Å². The van der Waals surface area contributed by atoms with E-state index < -0.39 is 0 Å². The minimum Gasteiger partial charge on any atom is -0.385 e. The summed E-state index contributed by atoms with van der Waals surface area (Å²) in [7, 11) is 1.79. The first kappa shape index (κ1) is 14.9. The molecule has 0 aromatic rings. The van der Waals surface area contributed by atoms with Crippen LogP contribution in [-0.2, 0) is 4.74 Å². The van der Waals surface area contributed by atoms with Crippen molar-refractivity contribution in [3.63, 3.8) is 0 Å². The summed E-state index contributed by atoms with van der Waals surface area (Å²) in [6, 6.07) is 1.39. The number of rotatable bonds is 7. The van der Waals surface area contributed by atoms with E-state index >= 15 is 0 Å². The van der Waals surface area contributed by atoms with Crippen molar-refractivity contribution in [2.24, 2.45) is 5.92 Å². The molecule has 1 heterocycles. The summed E-state index contributed by atoms with van der Waals surface area (Å²) >= 11 is 0. The molecule has 3 atom stereocenters. The second-order valence-electron chi connectivity index (χ2n) is 5.25. The van der Waals surface area contributed by atoms with Gasteiger partial charge in [0.1, 0.15) is 0 Å². The molecule has 0 spiro atoms. The van der Waals surface area contributed by atoms with Crippen molar-refractivity contribution in [3.05, 3.63) is 0 Å². The predicted octanol–water partition coefficient (Wildman–Crippen LogP) is 2.12. The summed E-state index contributed by atoms with van der Waals surface area (Å²) in [6.07, 6.45) is 3.73. The zero-order valence-electron chi connectivity index (χ0n) is 12.0. The Hall–Kier alpha value is -0.120. The highest BCUT2D eigenvalue weighted by Gasteiger charge is 2.29. The molecule has 0 amide bonds. The van der Waals surface area contributed by atoms with E-state index in [2.05, 4.69) is 31.0 Å². The maximum absolute atomic E-state index is 5.18. The summed E-state index contributed by atoms with van der Waals surface area (Å²) < 4.78 is 5.18. The van der Waals surface area contributed by atoms with E-state index in [1.54, 1.807) is 7.11 Å². The van der Waals surface area contributed by atoms with Crippen LogP contribution in [0.15, 0.2) is 0 Å². The monoisotopic (exact) mass is 242 g/mol. The van der Waals surface area contributed by atoms with Crippen LogP contribution in [0.5, 0.6) is 0 Å². The standard InChI is InChI=1S/C14H30N2O/c1-5-13-11-16(12(3)8-10-17-4)9-7-14(13)15-6-2/h12-15H,5-11H2,1-4H3. The third-order valence-corrected chi connectivity index (χ3v) is 4.12. The number of ether oxygens (including phenoxy) is 1. The zero-order chi connectivity index (χ0) is 12.7. The van der Waals surface area contributed by atoms with E-state index in [0.29, 0.717) is 6.04 Å². The fourth-order valence-electron chi connectivity index (χ4n) is 2.88. The van der Waals surface area contributed by atoms with Crippen LogP contribution in [0.4, 0.5) is 0 Å². The normalized spacial score (nSPS) is 28.2. The molecule has 0 aromatic carbocycles. The van der Waals surface area contributed by atoms with E-state index in [9.17, 15) is 0 Å². The largest absolute Gasteiger partial charge is 0.385 e. The second kappa shape index (κ2) is 8.06. The molecular weight excluding hydrogens is 212 g/mol. The lowest BCUT2D eigenvalue weighted by atomic mass is 9.89. The maximum atomic E-state index is 5.18. The molecule has 3 nitrogen and oxygen atoms in total. The summed E-state index contributed by atoms with van der Waals surface area (Å²) in [6.45, 7) is 11.3. The molecule has 1 aliphatic rings. The third-order valence-electron chi connectivity index (χ3n) is 4.12. The van der Waals surface area contributed by atoms with Gasteiger partial charge in [0.25, 0.3) is 0 Å². The highest BCUT2D eigenvalue weighted by atomic mass is 16.5. The molecule has 3 unspecified atom stereocenters. The fourth-order valence-corrected chi connectivity index (χ4v) is 2.88. The first-order valence-corrected chi connectivity index (χ1v) is 7.19. The van der Waals surface area contributed by atoms with Crippen LogP contribution in [0.1, 0.15) is 40.0 Å². The Bertz CT molecular complexity index is 199. The van der Waals surface area contributed by atoms with Gasteiger partial charge in [-0.25, -0.2) is 0 Å². The molecule has 1 rings (SSSR count). The van der Waals surface area contributed by atoms with Crippen LogP contribution >= 0.6 is 0 Å². The summed E-state index contributed by atoms with van der Waals surface area (Å²) in [5.74, 6) is 0.814. The molecule has 1 N–H and O–H groups in total. The average Bonchev–Trinajstić information content (AvgIpc) is 2.36. The van der Waals surface area contributed by atoms with Crippen LogP contribution < -0.4 is 5.32 Å². The molecule has 102 valence electrons. The molecule has 17 heavy (non-hydrogen) atoms. The lowest BCUT2D eigenvalue weighted by Gasteiger charge is -2.41. The zero-order valence-corrected chi connectivity index (χ0v) is 12.0. The molecule has 3 heteroatoms. The highest BCUT2D eigenvalue weighted by Crippen LogP contribution is 2.22. The van der Waals surface area contributed by atoms with Gasteiger partial charge < -0.3 is 15.0 Å². The maximum Gasteiger partial charge on any atom is 0.0477 e. The highest BCUT2D eigenvalue weighted by molar-refractivity contribution is 4.86. The van der Waals surface area contributed by atoms with Gasteiger partial charge in [-0.1, -0.05) is 20.3 Å². The van der Waals surface area contributed by atoms with Crippen molar-refractivity contribution in [1.29, 1.82) is 0 Å². The average molecular weight is 242 g/mol. The van der Waals surface area contributed by atoms with Crippen LogP contribution in [0, 0.1) is 5.92 Å². The molecule has 0 radical (unpaired) electrons. The van der Waals surface area contributed by atoms with Gasteiger partial charge in [-0.15, -0.1) is 0 Å². The Morgan fingerprint density at radius 3 is 2.76 bits per heavy atom. The number of piperidine rings is 1. The molecular formula is C14H30N2O. The van der Waals surface area contributed by atoms with Gasteiger partial charge in [0.2, 0.25) is 0 Å².